The Balaban J connectivity index is 3.03. The lowest BCUT2D eigenvalue weighted by Gasteiger charge is -2.17. The van der Waals surface area contributed by atoms with E-state index in [2.05, 4.69) is 18.8 Å². The van der Waals surface area contributed by atoms with Gasteiger partial charge in [-0.1, -0.05) is 13.8 Å². The molecule has 0 aliphatic rings. The molecule has 12 heavy (non-hydrogen) atoms. The molecule has 1 unspecified atom stereocenters. The second-order valence-electron chi connectivity index (χ2n) is 3.31. The average Bonchev–Trinajstić information content (AvgIpc) is 2.04. The molecule has 0 saturated carbocycles. The first-order valence-corrected chi connectivity index (χ1v) is 4.15. The van der Waals surface area contributed by atoms with Gasteiger partial charge in [-0.2, -0.15) is 0 Å². The first-order valence-electron chi connectivity index (χ1n) is 4.15. The highest BCUT2D eigenvalue weighted by Gasteiger charge is 2.09. The fraction of sp³-hybridized carbons (Fsp3) is 0.556. The predicted octanol–water partition coefficient (Wildman–Crippen LogP) is 1.46. The normalized spacial score (nSPS) is 13.3. The number of hydrogen-bond acceptors (Lipinski definition) is 2. The van der Waals surface area contributed by atoms with Crippen molar-refractivity contribution in [1.29, 1.82) is 0 Å². The van der Waals surface area contributed by atoms with Crippen LogP contribution in [0.2, 0.25) is 0 Å². The Labute approximate surface area is 72.1 Å². The third-order valence-electron chi connectivity index (χ3n) is 2.15. The Morgan fingerprint density at radius 1 is 1.42 bits per heavy atom. The van der Waals surface area contributed by atoms with Gasteiger partial charge in [0.1, 0.15) is 0 Å². The van der Waals surface area contributed by atoms with Crippen LogP contribution in [0, 0.1) is 5.92 Å². The molecule has 1 heterocycles. The highest BCUT2D eigenvalue weighted by Crippen LogP contribution is 2.12. The van der Waals surface area contributed by atoms with E-state index in [1.165, 1.54) is 12.3 Å². The Morgan fingerprint density at radius 3 is 2.58 bits per heavy atom. The van der Waals surface area contributed by atoms with Crippen molar-refractivity contribution < 1.29 is 0 Å². The van der Waals surface area contributed by atoms with Crippen molar-refractivity contribution >= 4 is 0 Å². The summed E-state index contributed by atoms with van der Waals surface area (Å²) in [5.74, 6) is 0.451. The van der Waals surface area contributed by atoms with Gasteiger partial charge in [0, 0.05) is 18.3 Å². The number of hydrogen-bond donors (Lipinski definition) is 0. The fourth-order valence-corrected chi connectivity index (χ4v) is 0.987. The van der Waals surface area contributed by atoms with Gasteiger partial charge in [-0.05, 0) is 12.8 Å². The molecule has 0 aliphatic carbocycles. The van der Waals surface area contributed by atoms with E-state index in [9.17, 15) is 4.79 Å². The van der Waals surface area contributed by atoms with E-state index in [-0.39, 0.29) is 11.6 Å². The van der Waals surface area contributed by atoms with Crippen LogP contribution in [0.5, 0.6) is 0 Å². The average molecular weight is 166 g/mol. The fourth-order valence-electron chi connectivity index (χ4n) is 0.987. The first kappa shape index (κ1) is 8.97. The van der Waals surface area contributed by atoms with Gasteiger partial charge in [-0.25, -0.2) is 4.98 Å². The third-order valence-corrected chi connectivity index (χ3v) is 2.15. The summed E-state index contributed by atoms with van der Waals surface area (Å²) < 4.78 is 1.66. The summed E-state index contributed by atoms with van der Waals surface area (Å²) in [6.07, 6.45) is 3.11. The van der Waals surface area contributed by atoms with Gasteiger partial charge in [0.15, 0.2) is 0 Å². The minimum absolute atomic E-state index is 0.0196. The maximum atomic E-state index is 11.3. The molecular weight excluding hydrogens is 152 g/mol. The zero-order valence-electron chi connectivity index (χ0n) is 7.69. The van der Waals surface area contributed by atoms with Crippen LogP contribution in [-0.4, -0.2) is 9.55 Å². The summed E-state index contributed by atoms with van der Waals surface area (Å²) in [6, 6.07) is 1.70. The SMILES string of the molecule is CC(C)C(C)n1cnccc1=O. The summed E-state index contributed by atoms with van der Waals surface area (Å²) in [7, 11) is 0. The molecule has 1 atom stereocenters. The standard InChI is InChI=1S/C9H14N2O/c1-7(2)8(3)11-6-10-5-4-9(11)12/h4-8H,1-3H3. The Hall–Kier alpha value is -1.12. The lowest BCUT2D eigenvalue weighted by molar-refractivity contribution is 0.394. The summed E-state index contributed by atoms with van der Waals surface area (Å²) in [6.45, 7) is 6.20. The molecule has 0 fully saturated rings. The lowest BCUT2D eigenvalue weighted by atomic mass is 10.1. The molecular formula is C9H14N2O. The predicted molar refractivity (Wildman–Crippen MR) is 48.0 cm³/mol. The van der Waals surface area contributed by atoms with Crippen LogP contribution in [0.4, 0.5) is 0 Å². The van der Waals surface area contributed by atoms with Crippen LogP contribution < -0.4 is 5.56 Å². The molecule has 0 radical (unpaired) electrons. The van der Waals surface area contributed by atoms with Gasteiger partial charge in [-0.15, -0.1) is 0 Å². The van der Waals surface area contributed by atoms with Crippen LogP contribution in [0.15, 0.2) is 23.4 Å². The first-order chi connectivity index (χ1) is 5.63. The monoisotopic (exact) mass is 166 g/mol. The van der Waals surface area contributed by atoms with Crippen LogP contribution in [-0.2, 0) is 0 Å². The molecule has 0 amide bonds. The van der Waals surface area contributed by atoms with Crippen LogP contribution in [0.3, 0.4) is 0 Å². The minimum atomic E-state index is 0.0196. The van der Waals surface area contributed by atoms with Gasteiger partial charge < -0.3 is 0 Å². The van der Waals surface area contributed by atoms with Crippen molar-refractivity contribution in [2.45, 2.75) is 26.8 Å². The number of rotatable bonds is 2. The molecule has 66 valence electrons. The Kier molecular flexibility index (Phi) is 2.63. The zero-order valence-corrected chi connectivity index (χ0v) is 7.69. The Bertz CT molecular complexity index is 303. The van der Waals surface area contributed by atoms with Crippen molar-refractivity contribution in [2.75, 3.05) is 0 Å². The molecule has 0 bridgehead atoms. The third kappa shape index (κ3) is 1.72. The lowest BCUT2D eigenvalue weighted by Crippen LogP contribution is -2.25. The molecule has 0 aromatic carbocycles. The molecule has 1 rings (SSSR count). The highest BCUT2D eigenvalue weighted by molar-refractivity contribution is 4.85. The maximum Gasteiger partial charge on any atom is 0.253 e. The maximum absolute atomic E-state index is 11.3. The number of nitrogens with zero attached hydrogens (tertiary/aromatic N) is 2. The van der Waals surface area contributed by atoms with Gasteiger partial charge in [-0.3, -0.25) is 9.36 Å². The van der Waals surface area contributed by atoms with Crippen molar-refractivity contribution in [3.63, 3.8) is 0 Å². The topological polar surface area (TPSA) is 34.9 Å². The van der Waals surface area contributed by atoms with Gasteiger partial charge in [0.05, 0.1) is 6.33 Å². The van der Waals surface area contributed by atoms with Gasteiger partial charge in [0.25, 0.3) is 5.56 Å². The van der Waals surface area contributed by atoms with Crippen LogP contribution in [0.25, 0.3) is 0 Å². The van der Waals surface area contributed by atoms with Crippen molar-refractivity contribution in [2.24, 2.45) is 5.92 Å². The van der Waals surface area contributed by atoms with Gasteiger partial charge in [0.2, 0.25) is 0 Å². The number of aromatic nitrogens is 2. The van der Waals surface area contributed by atoms with E-state index in [0.717, 1.165) is 0 Å². The summed E-state index contributed by atoms with van der Waals surface area (Å²) >= 11 is 0. The van der Waals surface area contributed by atoms with E-state index >= 15 is 0 Å². The van der Waals surface area contributed by atoms with E-state index < -0.39 is 0 Å². The largest absolute Gasteiger partial charge is 0.296 e. The second kappa shape index (κ2) is 3.52. The molecule has 1 aromatic rings. The van der Waals surface area contributed by atoms with Crippen molar-refractivity contribution in [1.82, 2.24) is 9.55 Å². The molecule has 0 saturated heterocycles. The minimum Gasteiger partial charge on any atom is -0.296 e. The Morgan fingerprint density at radius 2 is 2.08 bits per heavy atom. The van der Waals surface area contributed by atoms with Crippen molar-refractivity contribution in [3.8, 4) is 0 Å². The van der Waals surface area contributed by atoms with E-state index in [0.29, 0.717) is 5.92 Å². The summed E-state index contributed by atoms with van der Waals surface area (Å²) in [5.41, 5.74) is 0.0196. The summed E-state index contributed by atoms with van der Waals surface area (Å²) in [4.78, 5) is 15.2. The van der Waals surface area contributed by atoms with Gasteiger partial charge >= 0.3 is 0 Å². The smallest absolute Gasteiger partial charge is 0.253 e. The van der Waals surface area contributed by atoms with E-state index in [4.69, 9.17) is 0 Å². The molecule has 0 aliphatic heterocycles. The quantitative estimate of drug-likeness (QED) is 0.666. The van der Waals surface area contributed by atoms with Crippen molar-refractivity contribution in [3.05, 3.63) is 28.9 Å². The molecule has 3 heteroatoms. The second-order valence-corrected chi connectivity index (χ2v) is 3.31. The molecule has 0 N–H and O–H groups in total. The van der Waals surface area contributed by atoms with E-state index in [1.54, 1.807) is 10.9 Å². The molecule has 0 spiro atoms. The van der Waals surface area contributed by atoms with Crippen LogP contribution >= 0.6 is 0 Å². The molecule has 3 nitrogen and oxygen atoms in total. The molecule has 1 aromatic heterocycles. The van der Waals surface area contributed by atoms with E-state index in [1.807, 2.05) is 6.92 Å². The summed E-state index contributed by atoms with van der Waals surface area (Å²) in [5, 5.41) is 0. The highest BCUT2D eigenvalue weighted by atomic mass is 16.1. The van der Waals surface area contributed by atoms with Crippen LogP contribution in [0.1, 0.15) is 26.8 Å². The zero-order chi connectivity index (χ0) is 9.14.